The van der Waals surface area contributed by atoms with Crippen molar-refractivity contribution in [1.29, 1.82) is 0 Å². The molecule has 10 heteroatoms. The average molecular weight is 739 g/mol. The molecule has 0 N–H and O–H groups in total. The smallest absolute Gasteiger partial charge is 0.246 e. The molecule has 1 aliphatic rings. The second-order valence-corrected chi connectivity index (χ2v) is 13.2. The summed E-state index contributed by atoms with van der Waals surface area (Å²) in [4.78, 5) is 21.7. The Morgan fingerprint density at radius 1 is 0.769 bits per heavy atom. The van der Waals surface area contributed by atoms with Gasteiger partial charge in [-0.2, -0.15) is 0 Å². The van der Waals surface area contributed by atoms with Gasteiger partial charge in [-0.3, -0.25) is 9.69 Å². The van der Waals surface area contributed by atoms with Crippen molar-refractivity contribution in [3.05, 3.63) is 147 Å². The van der Waals surface area contributed by atoms with E-state index in [1.807, 2.05) is 73.3 Å². The highest BCUT2D eigenvalue weighted by Gasteiger charge is 2.20. The second-order valence-electron chi connectivity index (χ2n) is 12.4. The van der Waals surface area contributed by atoms with Gasteiger partial charge in [0.05, 0.1) is 17.8 Å². The van der Waals surface area contributed by atoms with Gasteiger partial charge in [-0.1, -0.05) is 65.7 Å². The molecule has 0 unspecified atom stereocenters. The summed E-state index contributed by atoms with van der Waals surface area (Å²) in [6.45, 7) is 9.13. The van der Waals surface area contributed by atoms with Gasteiger partial charge in [-0.05, 0) is 90.7 Å². The monoisotopic (exact) mass is 737 g/mol. The number of piperazine rings is 1. The molecule has 6 rings (SSSR count). The number of halogens is 2. The predicted octanol–water partition coefficient (Wildman–Crippen LogP) is 9.40. The van der Waals surface area contributed by atoms with Crippen LogP contribution in [-0.4, -0.2) is 53.5 Å². The van der Waals surface area contributed by atoms with Gasteiger partial charge < -0.3 is 23.8 Å². The fourth-order valence-electron chi connectivity index (χ4n) is 5.74. The molecule has 1 amide bonds. The summed E-state index contributed by atoms with van der Waals surface area (Å²) in [7, 11) is 0. The summed E-state index contributed by atoms with van der Waals surface area (Å²) in [6, 6.07) is 30.9. The van der Waals surface area contributed by atoms with Gasteiger partial charge in [0.25, 0.3) is 0 Å². The lowest BCUT2D eigenvalue weighted by atomic mass is 10.1. The lowest BCUT2D eigenvalue weighted by Gasteiger charge is -2.34. The summed E-state index contributed by atoms with van der Waals surface area (Å²) in [5.41, 5.74) is 4.87. The fourth-order valence-corrected chi connectivity index (χ4v) is 6.24. The van der Waals surface area contributed by atoms with E-state index in [1.54, 1.807) is 36.5 Å². The third-order valence-electron chi connectivity index (χ3n) is 8.59. The zero-order valence-corrected chi connectivity index (χ0v) is 30.8. The molecule has 5 aromatic rings. The van der Waals surface area contributed by atoms with Crippen LogP contribution in [0.4, 0.5) is 0 Å². The Labute approximate surface area is 315 Å². The number of carbonyl (C=O) groups excluding carboxylic acids is 1. The van der Waals surface area contributed by atoms with Gasteiger partial charge in [0, 0.05) is 55.5 Å². The highest BCUT2D eigenvalue weighted by atomic mass is 35.5. The molecule has 52 heavy (non-hydrogen) atoms. The standard InChI is InChI=1S/C42H41Cl2N3O5/c1-3-49-35-13-15-36(16-14-35)50-28-32-10-8-31(9-11-32)27-46-20-22-47(23-21-46)41(48)19-12-33-24-30(2)42(39(44)25-33)52-40-18-17-37(26-45-40)51-29-34-6-4-5-7-38(34)43/h4-19,24-26H,3,20-23,27-29H2,1-2H3/b19-12+. The molecule has 0 radical (unpaired) electrons. The number of amides is 1. The third kappa shape index (κ3) is 10.3. The van der Waals surface area contributed by atoms with E-state index in [9.17, 15) is 4.79 Å². The Balaban J connectivity index is 0.937. The van der Waals surface area contributed by atoms with E-state index in [2.05, 4.69) is 34.1 Å². The Morgan fingerprint density at radius 2 is 1.44 bits per heavy atom. The lowest BCUT2D eigenvalue weighted by molar-refractivity contribution is -0.127. The number of pyridine rings is 1. The van der Waals surface area contributed by atoms with Crippen molar-refractivity contribution >= 4 is 35.2 Å². The molecule has 4 aromatic carbocycles. The molecule has 0 atom stereocenters. The van der Waals surface area contributed by atoms with Crippen LogP contribution in [0.5, 0.6) is 28.9 Å². The van der Waals surface area contributed by atoms with E-state index < -0.39 is 0 Å². The number of ether oxygens (including phenoxy) is 4. The summed E-state index contributed by atoms with van der Waals surface area (Å²) in [5.74, 6) is 3.11. The first-order chi connectivity index (χ1) is 25.3. The summed E-state index contributed by atoms with van der Waals surface area (Å²) in [6.07, 6.45) is 5.00. The van der Waals surface area contributed by atoms with E-state index in [4.69, 9.17) is 42.1 Å². The molecule has 1 aliphatic heterocycles. The lowest BCUT2D eigenvalue weighted by Crippen LogP contribution is -2.47. The Kier molecular flexibility index (Phi) is 12.7. The highest BCUT2D eigenvalue weighted by Crippen LogP contribution is 2.34. The Morgan fingerprint density at radius 3 is 2.12 bits per heavy atom. The van der Waals surface area contributed by atoms with Crippen LogP contribution in [0.15, 0.2) is 109 Å². The average Bonchev–Trinajstić information content (AvgIpc) is 3.16. The van der Waals surface area contributed by atoms with Crippen LogP contribution in [0.25, 0.3) is 6.08 Å². The number of nitrogens with zero attached hydrogens (tertiary/aromatic N) is 3. The predicted molar refractivity (Wildman–Crippen MR) is 206 cm³/mol. The number of hydrogen-bond acceptors (Lipinski definition) is 7. The highest BCUT2D eigenvalue weighted by molar-refractivity contribution is 6.32. The molecule has 2 heterocycles. The van der Waals surface area contributed by atoms with Gasteiger partial charge in [0.15, 0.2) is 5.75 Å². The number of aromatic nitrogens is 1. The van der Waals surface area contributed by atoms with Crippen LogP contribution in [0.3, 0.4) is 0 Å². The van der Waals surface area contributed by atoms with Crippen molar-refractivity contribution < 1.29 is 23.7 Å². The zero-order chi connectivity index (χ0) is 36.3. The molecule has 1 aromatic heterocycles. The minimum atomic E-state index is -0.0216. The number of carbonyl (C=O) groups is 1. The molecule has 0 bridgehead atoms. The maximum absolute atomic E-state index is 13.1. The number of hydrogen-bond donors (Lipinski definition) is 0. The molecule has 1 fully saturated rings. The molecule has 0 aliphatic carbocycles. The molecular formula is C42H41Cl2N3O5. The van der Waals surface area contributed by atoms with Gasteiger partial charge in [-0.15, -0.1) is 0 Å². The van der Waals surface area contributed by atoms with E-state index in [1.165, 1.54) is 5.56 Å². The van der Waals surface area contributed by atoms with Crippen LogP contribution in [0.2, 0.25) is 10.0 Å². The van der Waals surface area contributed by atoms with Crippen molar-refractivity contribution in [2.45, 2.75) is 33.6 Å². The van der Waals surface area contributed by atoms with E-state index >= 15 is 0 Å². The van der Waals surface area contributed by atoms with Crippen molar-refractivity contribution in [1.82, 2.24) is 14.8 Å². The third-order valence-corrected chi connectivity index (χ3v) is 9.24. The maximum Gasteiger partial charge on any atom is 0.246 e. The zero-order valence-electron chi connectivity index (χ0n) is 29.3. The van der Waals surface area contributed by atoms with Crippen LogP contribution >= 0.6 is 23.2 Å². The summed E-state index contributed by atoms with van der Waals surface area (Å²) >= 11 is 12.8. The molecule has 0 saturated carbocycles. The van der Waals surface area contributed by atoms with Crippen molar-refractivity contribution in [2.24, 2.45) is 0 Å². The molecule has 8 nitrogen and oxygen atoms in total. The topological polar surface area (TPSA) is 73.4 Å². The van der Waals surface area contributed by atoms with Gasteiger partial charge in [0.1, 0.15) is 30.5 Å². The normalized spacial score (nSPS) is 13.3. The van der Waals surface area contributed by atoms with E-state index in [0.717, 1.165) is 53.4 Å². The van der Waals surface area contributed by atoms with E-state index in [0.29, 0.717) is 60.3 Å². The summed E-state index contributed by atoms with van der Waals surface area (Å²) in [5, 5.41) is 1.08. The Bertz CT molecular complexity index is 1940. The van der Waals surface area contributed by atoms with Crippen LogP contribution in [0.1, 0.15) is 34.7 Å². The summed E-state index contributed by atoms with van der Waals surface area (Å²) < 4.78 is 23.2. The quantitative estimate of drug-likeness (QED) is 0.105. The van der Waals surface area contributed by atoms with Crippen LogP contribution in [-0.2, 0) is 24.6 Å². The minimum absolute atomic E-state index is 0.0216. The largest absolute Gasteiger partial charge is 0.494 e. The minimum Gasteiger partial charge on any atom is -0.494 e. The first kappa shape index (κ1) is 36.8. The SMILES string of the molecule is CCOc1ccc(OCc2ccc(CN3CCN(C(=O)/C=C/c4cc(C)c(Oc5ccc(OCc6ccccc6Cl)cn5)c(Cl)c4)CC3)cc2)cc1. The number of rotatable bonds is 14. The number of aryl methyl sites for hydroxylation is 1. The second kappa shape index (κ2) is 18.0. The molecule has 0 spiro atoms. The van der Waals surface area contributed by atoms with Crippen LogP contribution in [0, 0.1) is 6.92 Å². The van der Waals surface area contributed by atoms with Gasteiger partial charge in [-0.25, -0.2) is 4.98 Å². The maximum atomic E-state index is 13.1. The van der Waals surface area contributed by atoms with Gasteiger partial charge >= 0.3 is 0 Å². The van der Waals surface area contributed by atoms with Crippen molar-refractivity contribution in [2.75, 3.05) is 32.8 Å². The first-order valence-electron chi connectivity index (χ1n) is 17.3. The van der Waals surface area contributed by atoms with Crippen molar-refractivity contribution in [3.8, 4) is 28.9 Å². The van der Waals surface area contributed by atoms with Crippen LogP contribution < -0.4 is 18.9 Å². The molecular weight excluding hydrogens is 697 g/mol. The van der Waals surface area contributed by atoms with Crippen molar-refractivity contribution in [3.63, 3.8) is 0 Å². The Hall–Kier alpha value is -5.02. The number of benzene rings is 4. The molecule has 268 valence electrons. The van der Waals surface area contributed by atoms with E-state index in [-0.39, 0.29) is 5.91 Å². The first-order valence-corrected chi connectivity index (χ1v) is 18.0. The molecule has 1 saturated heterocycles. The fraction of sp³-hybridized carbons (Fsp3) is 0.238. The van der Waals surface area contributed by atoms with Gasteiger partial charge in [0.2, 0.25) is 11.8 Å².